The predicted octanol–water partition coefficient (Wildman–Crippen LogP) is 4.71. The molecule has 0 aliphatic carbocycles. The van der Waals surface area contributed by atoms with Crippen molar-refractivity contribution in [1.82, 2.24) is 5.32 Å². The Balaban J connectivity index is 1.93. The van der Waals surface area contributed by atoms with Gasteiger partial charge in [0.05, 0.1) is 11.0 Å². The highest BCUT2D eigenvalue weighted by molar-refractivity contribution is 8.00. The minimum Gasteiger partial charge on any atom is -0.382 e. The summed E-state index contributed by atoms with van der Waals surface area (Å²) in [6.45, 7) is 4.01. The van der Waals surface area contributed by atoms with Gasteiger partial charge in [-0.15, -0.1) is 11.8 Å². The Kier molecular flexibility index (Phi) is 8.87. The van der Waals surface area contributed by atoms with E-state index in [4.69, 9.17) is 16.3 Å². The molecule has 0 aromatic heterocycles. The van der Waals surface area contributed by atoms with E-state index in [0.717, 1.165) is 12.0 Å². The molecule has 0 heterocycles. The van der Waals surface area contributed by atoms with E-state index in [1.54, 1.807) is 11.8 Å². The maximum atomic E-state index is 12.1. The zero-order valence-electron chi connectivity index (χ0n) is 14.4. The average molecular weight is 378 g/mol. The van der Waals surface area contributed by atoms with Gasteiger partial charge in [0.1, 0.15) is 0 Å². The minimum atomic E-state index is 0.0522. The highest BCUT2D eigenvalue weighted by Gasteiger charge is 2.16. The summed E-state index contributed by atoms with van der Waals surface area (Å²) in [5.41, 5.74) is 2.32. The number of carbonyl (C=O) groups is 1. The SMILES string of the molecule is CCOCCCNC(=O)CSC(c1ccccc1)c1ccc(Cl)cc1. The van der Waals surface area contributed by atoms with Crippen LogP contribution >= 0.6 is 23.4 Å². The van der Waals surface area contributed by atoms with Crippen molar-refractivity contribution in [2.24, 2.45) is 0 Å². The Hall–Kier alpha value is -1.49. The van der Waals surface area contributed by atoms with Crippen molar-refractivity contribution in [3.63, 3.8) is 0 Å². The summed E-state index contributed by atoms with van der Waals surface area (Å²) >= 11 is 7.63. The first kappa shape index (κ1) is 19.8. The van der Waals surface area contributed by atoms with E-state index in [1.165, 1.54) is 5.56 Å². The summed E-state index contributed by atoms with van der Waals surface area (Å²) in [4.78, 5) is 12.1. The molecule has 1 atom stereocenters. The molecule has 134 valence electrons. The van der Waals surface area contributed by atoms with E-state index in [0.29, 0.717) is 30.5 Å². The number of ether oxygens (including phenoxy) is 1. The van der Waals surface area contributed by atoms with Crippen molar-refractivity contribution in [2.45, 2.75) is 18.6 Å². The van der Waals surface area contributed by atoms with Gasteiger partial charge in [0.2, 0.25) is 5.91 Å². The van der Waals surface area contributed by atoms with Gasteiger partial charge in [-0.25, -0.2) is 0 Å². The molecule has 1 amide bonds. The fourth-order valence-corrected chi connectivity index (χ4v) is 3.65. The van der Waals surface area contributed by atoms with Crippen LogP contribution in [0.15, 0.2) is 54.6 Å². The highest BCUT2D eigenvalue weighted by atomic mass is 35.5. The van der Waals surface area contributed by atoms with Gasteiger partial charge in [-0.1, -0.05) is 54.1 Å². The molecule has 0 bridgehead atoms. The largest absolute Gasteiger partial charge is 0.382 e. The van der Waals surface area contributed by atoms with Gasteiger partial charge in [-0.3, -0.25) is 4.79 Å². The molecule has 2 aromatic rings. The Bertz CT molecular complexity index is 634. The summed E-state index contributed by atoms with van der Waals surface area (Å²) in [5, 5.41) is 3.77. The molecule has 0 fully saturated rings. The Labute approximate surface area is 159 Å². The maximum absolute atomic E-state index is 12.1. The summed E-state index contributed by atoms with van der Waals surface area (Å²) in [7, 11) is 0. The lowest BCUT2D eigenvalue weighted by atomic mass is 10.0. The maximum Gasteiger partial charge on any atom is 0.230 e. The van der Waals surface area contributed by atoms with Crippen LogP contribution in [0.1, 0.15) is 29.7 Å². The van der Waals surface area contributed by atoms with E-state index < -0.39 is 0 Å². The lowest BCUT2D eigenvalue weighted by molar-refractivity contribution is -0.118. The molecule has 2 aromatic carbocycles. The van der Waals surface area contributed by atoms with Gasteiger partial charge in [0, 0.05) is 24.8 Å². The molecule has 1 unspecified atom stereocenters. The number of rotatable bonds is 10. The monoisotopic (exact) mass is 377 g/mol. The lowest BCUT2D eigenvalue weighted by Gasteiger charge is -2.18. The molecule has 0 aliphatic rings. The van der Waals surface area contributed by atoms with Crippen LogP contribution in [-0.4, -0.2) is 31.4 Å². The van der Waals surface area contributed by atoms with Crippen molar-refractivity contribution in [1.29, 1.82) is 0 Å². The second-order valence-electron chi connectivity index (χ2n) is 5.55. The average Bonchev–Trinajstić information content (AvgIpc) is 2.64. The highest BCUT2D eigenvalue weighted by Crippen LogP contribution is 2.35. The zero-order chi connectivity index (χ0) is 17.9. The van der Waals surface area contributed by atoms with Crippen molar-refractivity contribution in [3.8, 4) is 0 Å². The second-order valence-corrected chi connectivity index (χ2v) is 7.08. The molecule has 25 heavy (non-hydrogen) atoms. The number of hydrogen-bond acceptors (Lipinski definition) is 3. The van der Waals surface area contributed by atoms with Crippen LogP contribution in [0.5, 0.6) is 0 Å². The number of benzene rings is 2. The Morgan fingerprint density at radius 1 is 1.12 bits per heavy atom. The van der Waals surface area contributed by atoms with E-state index in [-0.39, 0.29) is 11.2 Å². The summed E-state index contributed by atoms with van der Waals surface area (Å²) in [5.74, 6) is 0.466. The number of halogens is 1. The zero-order valence-corrected chi connectivity index (χ0v) is 16.0. The first-order valence-corrected chi connectivity index (χ1v) is 9.90. The molecular weight excluding hydrogens is 354 g/mol. The van der Waals surface area contributed by atoms with Gasteiger partial charge in [-0.05, 0) is 36.6 Å². The van der Waals surface area contributed by atoms with Gasteiger partial charge >= 0.3 is 0 Å². The van der Waals surface area contributed by atoms with Gasteiger partial charge in [-0.2, -0.15) is 0 Å². The normalized spacial score (nSPS) is 11.9. The third kappa shape index (κ3) is 7.10. The third-order valence-corrected chi connectivity index (χ3v) is 5.21. The molecule has 2 rings (SSSR count). The van der Waals surface area contributed by atoms with Gasteiger partial charge in [0.25, 0.3) is 0 Å². The lowest BCUT2D eigenvalue weighted by Crippen LogP contribution is -2.27. The molecule has 3 nitrogen and oxygen atoms in total. The Morgan fingerprint density at radius 3 is 2.48 bits per heavy atom. The van der Waals surface area contributed by atoms with Gasteiger partial charge < -0.3 is 10.1 Å². The smallest absolute Gasteiger partial charge is 0.230 e. The molecule has 0 aliphatic heterocycles. The molecular formula is C20H24ClNO2S. The summed E-state index contributed by atoms with van der Waals surface area (Å²) in [6, 6.07) is 18.0. The van der Waals surface area contributed by atoms with Crippen LogP contribution in [0.2, 0.25) is 5.02 Å². The van der Waals surface area contributed by atoms with E-state index in [9.17, 15) is 4.79 Å². The van der Waals surface area contributed by atoms with E-state index in [2.05, 4.69) is 17.4 Å². The third-order valence-electron chi connectivity index (χ3n) is 3.65. The van der Waals surface area contributed by atoms with Gasteiger partial charge in [0.15, 0.2) is 0 Å². The Morgan fingerprint density at radius 2 is 1.80 bits per heavy atom. The molecule has 0 radical (unpaired) electrons. The fourth-order valence-electron chi connectivity index (χ4n) is 2.41. The van der Waals surface area contributed by atoms with Crippen molar-refractivity contribution in [3.05, 3.63) is 70.7 Å². The van der Waals surface area contributed by atoms with Crippen LogP contribution in [0.3, 0.4) is 0 Å². The topological polar surface area (TPSA) is 38.3 Å². The predicted molar refractivity (Wildman–Crippen MR) is 106 cm³/mol. The molecule has 0 spiro atoms. The standard InChI is InChI=1S/C20H24ClNO2S/c1-2-24-14-6-13-22-19(23)15-25-20(16-7-4-3-5-8-16)17-9-11-18(21)12-10-17/h3-5,7-12,20H,2,6,13-15H2,1H3,(H,22,23). The van der Waals surface area contributed by atoms with E-state index >= 15 is 0 Å². The van der Waals surface area contributed by atoms with Crippen molar-refractivity contribution >= 4 is 29.3 Å². The second kappa shape index (κ2) is 11.2. The van der Waals surface area contributed by atoms with Crippen LogP contribution in [0, 0.1) is 0 Å². The molecule has 1 N–H and O–H groups in total. The number of carbonyl (C=O) groups excluding carboxylic acids is 1. The van der Waals surface area contributed by atoms with Crippen LogP contribution in [0.4, 0.5) is 0 Å². The minimum absolute atomic E-state index is 0.0522. The van der Waals surface area contributed by atoms with Crippen LogP contribution < -0.4 is 5.32 Å². The first-order valence-electron chi connectivity index (χ1n) is 8.47. The number of thioether (sulfide) groups is 1. The molecule has 0 saturated carbocycles. The van der Waals surface area contributed by atoms with Crippen molar-refractivity contribution in [2.75, 3.05) is 25.5 Å². The number of nitrogens with one attached hydrogen (secondary N) is 1. The van der Waals surface area contributed by atoms with Crippen LogP contribution in [-0.2, 0) is 9.53 Å². The first-order chi connectivity index (χ1) is 12.2. The fraction of sp³-hybridized carbons (Fsp3) is 0.350. The molecule has 5 heteroatoms. The quantitative estimate of drug-likeness (QED) is 0.609. The van der Waals surface area contributed by atoms with Crippen molar-refractivity contribution < 1.29 is 9.53 Å². The number of amides is 1. The van der Waals surface area contributed by atoms with Crippen LogP contribution in [0.25, 0.3) is 0 Å². The summed E-state index contributed by atoms with van der Waals surface area (Å²) in [6.07, 6.45) is 0.837. The molecule has 0 saturated heterocycles. The number of hydrogen-bond donors (Lipinski definition) is 1. The van der Waals surface area contributed by atoms with E-state index in [1.807, 2.05) is 49.4 Å². The summed E-state index contributed by atoms with van der Waals surface area (Å²) < 4.78 is 5.27.